The molecule has 18 heavy (non-hydrogen) atoms. The molecule has 3 rings (SSSR count). The lowest BCUT2D eigenvalue weighted by atomic mass is 10.3. The molecule has 3 N–H and O–H groups in total. The van der Waals surface area contributed by atoms with Crippen molar-refractivity contribution >= 4 is 39.8 Å². The zero-order valence-electron chi connectivity index (χ0n) is 9.80. The molecule has 0 radical (unpaired) electrons. The number of fused-ring (bicyclic) bond motifs is 1. The topological polar surface area (TPSA) is 67.6 Å². The van der Waals surface area contributed by atoms with Gasteiger partial charge in [0, 0.05) is 16.8 Å². The van der Waals surface area contributed by atoms with Gasteiger partial charge in [0.1, 0.15) is 0 Å². The molecule has 0 aliphatic carbocycles. The number of aromatic nitrogens is 3. The molecule has 0 bridgehead atoms. The lowest BCUT2D eigenvalue weighted by Gasteiger charge is -1.93. The minimum Gasteiger partial charge on any atom is -0.399 e. The Kier molecular flexibility index (Phi) is 2.97. The number of imidazole rings is 1. The highest BCUT2D eigenvalue weighted by atomic mass is 32.2. The molecule has 0 aliphatic rings. The van der Waals surface area contributed by atoms with E-state index in [1.165, 1.54) is 0 Å². The number of nitrogens with one attached hydrogen (secondary N) is 1. The summed E-state index contributed by atoms with van der Waals surface area (Å²) in [5.74, 6) is 0.833. The molecule has 2 heterocycles. The van der Waals surface area contributed by atoms with Crippen molar-refractivity contribution in [2.24, 2.45) is 0 Å². The van der Waals surface area contributed by atoms with E-state index in [0.29, 0.717) is 0 Å². The molecule has 0 aliphatic heterocycles. The van der Waals surface area contributed by atoms with Crippen molar-refractivity contribution in [3.05, 3.63) is 34.3 Å². The average molecular weight is 276 g/mol. The standard InChI is InChI=1S/C12H12N4S2/c1-7-14-9(5-17-7)6-18-12-15-10-3-2-8(13)4-11(10)16-12/h2-5H,6,13H2,1H3,(H,15,16). The Bertz CT molecular complexity index is 686. The van der Waals surface area contributed by atoms with E-state index in [1.807, 2.05) is 25.1 Å². The Labute approximate surface area is 113 Å². The highest BCUT2D eigenvalue weighted by molar-refractivity contribution is 7.98. The number of aryl methyl sites for hydroxylation is 1. The number of H-pyrrole nitrogens is 1. The van der Waals surface area contributed by atoms with E-state index in [9.17, 15) is 0 Å². The summed E-state index contributed by atoms with van der Waals surface area (Å²) in [4.78, 5) is 12.2. The van der Waals surface area contributed by atoms with E-state index < -0.39 is 0 Å². The minimum atomic E-state index is 0.748. The van der Waals surface area contributed by atoms with Crippen LogP contribution < -0.4 is 5.73 Å². The molecule has 2 aromatic heterocycles. The SMILES string of the molecule is Cc1nc(CSc2nc3ccc(N)cc3[nH]2)cs1. The summed E-state index contributed by atoms with van der Waals surface area (Å²) in [5.41, 5.74) is 9.51. The normalized spacial score (nSPS) is 11.2. The Morgan fingerprint density at radius 3 is 3.06 bits per heavy atom. The lowest BCUT2D eigenvalue weighted by molar-refractivity contribution is 1.07. The summed E-state index contributed by atoms with van der Waals surface area (Å²) in [5, 5.41) is 4.09. The maximum Gasteiger partial charge on any atom is 0.166 e. The third kappa shape index (κ3) is 2.34. The second-order valence-corrected chi connectivity index (χ2v) is 5.99. The van der Waals surface area contributed by atoms with Crippen LogP contribution in [0.25, 0.3) is 11.0 Å². The predicted molar refractivity (Wildman–Crippen MR) is 76.9 cm³/mol. The van der Waals surface area contributed by atoms with Gasteiger partial charge < -0.3 is 10.7 Å². The number of nitrogens with zero attached hydrogens (tertiary/aromatic N) is 2. The summed E-state index contributed by atoms with van der Waals surface area (Å²) in [7, 11) is 0. The smallest absolute Gasteiger partial charge is 0.166 e. The Hall–Kier alpha value is -1.53. The van der Waals surface area contributed by atoms with Crippen LogP contribution in [0.4, 0.5) is 5.69 Å². The van der Waals surface area contributed by atoms with Crippen LogP contribution in [-0.2, 0) is 5.75 Å². The molecule has 92 valence electrons. The summed E-state index contributed by atoms with van der Waals surface area (Å²) in [6.45, 7) is 2.02. The zero-order chi connectivity index (χ0) is 12.5. The van der Waals surface area contributed by atoms with Gasteiger partial charge in [0.05, 0.1) is 21.7 Å². The number of thiazole rings is 1. The quantitative estimate of drug-likeness (QED) is 0.569. The maximum atomic E-state index is 5.74. The van der Waals surface area contributed by atoms with Gasteiger partial charge in [0.25, 0.3) is 0 Å². The molecule has 4 nitrogen and oxygen atoms in total. The molecule has 0 atom stereocenters. The molecule has 0 amide bonds. The second kappa shape index (κ2) is 4.62. The third-order valence-electron chi connectivity index (χ3n) is 2.51. The summed E-state index contributed by atoms with van der Waals surface area (Å²) in [6, 6.07) is 5.69. The van der Waals surface area contributed by atoms with Gasteiger partial charge >= 0.3 is 0 Å². The van der Waals surface area contributed by atoms with E-state index >= 15 is 0 Å². The van der Waals surface area contributed by atoms with Crippen LogP contribution in [0.15, 0.2) is 28.7 Å². The van der Waals surface area contributed by atoms with Crippen molar-refractivity contribution in [1.82, 2.24) is 15.0 Å². The van der Waals surface area contributed by atoms with Gasteiger partial charge in [-0.1, -0.05) is 11.8 Å². The van der Waals surface area contributed by atoms with Crippen molar-refractivity contribution in [1.29, 1.82) is 0 Å². The fourth-order valence-corrected chi connectivity index (χ4v) is 3.18. The highest BCUT2D eigenvalue weighted by Gasteiger charge is 2.05. The molecule has 6 heteroatoms. The summed E-state index contributed by atoms with van der Waals surface area (Å²) >= 11 is 3.33. The average Bonchev–Trinajstić information content (AvgIpc) is 2.92. The molecule has 3 aromatic rings. The van der Waals surface area contributed by atoms with Gasteiger partial charge in [-0.3, -0.25) is 0 Å². The van der Waals surface area contributed by atoms with Gasteiger partial charge in [-0.05, 0) is 25.1 Å². The fourth-order valence-electron chi connectivity index (χ4n) is 1.69. The van der Waals surface area contributed by atoms with Gasteiger partial charge in [-0.2, -0.15) is 0 Å². The van der Waals surface area contributed by atoms with Crippen LogP contribution in [0.2, 0.25) is 0 Å². The number of nitrogen functional groups attached to an aromatic ring is 1. The largest absolute Gasteiger partial charge is 0.399 e. The van der Waals surface area contributed by atoms with E-state index in [1.54, 1.807) is 23.1 Å². The fraction of sp³-hybridized carbons (Fsp3) is 0.167. The Morgan fingerprint density at radius 1 is 1.39 bits per heavy atom. The number of nitrogens with two attached hydrogens (primary N) is 1. The van der Waals surface area contributed by atoms with Crippen LogP contribution >= 0.6 is 23.1 Å². The number of hydrogen-bond acceptors (Lipinski definition) is 5. The Balaban J connectivity index is 1.78. The monoisotopic (exact) mass is 276 g/mol. The summed E-state index contributed by atoms with van der Waals surface area (Å²) in [6.07, 6.45) is 0. The Morgan fingerprint density at radius 2 is 2.28 bits per heavy atom. The third-order valence-corrected chi connectivity index (χ3v) is 4.24. The van der Waals surface area contributed by atoms with E-state index in [0.717, 1.165) is 38.3 Å². The van der Waals surface area contributed by atoms with E-state index in [4.69, 9.17) is 5.73 Å². The molecular formula is C12H12N4S2. The summed E-state index contributed by atoms with van der Waals surface area (Å²) < 4.78 is 0. The van der Waals surface area contributed by atoms with Gasteiger partial charge in [-0.25, -0.2) is 9.97 Å². The van der Waals surface area contributed by atoms with E-state index in [-0.39, 0.29) is 0 Å². The van der Waals surface area contributed by atoms with Gasteiger partial charge in [-0.15, -0.1) is 11.3 Å². The number of aromatic amines is 1. The van der Waals surface area contributed by atoms with Crippen molar-refractivity contribution in [2.75, 3.05) is 5.73 Å². The molecule has 1 aromatic carbocycles. The van der Waals surface area contributed by atoms with Crippen LogP contribution in [0, 0.1) is 6.92 Å². The minimum absolute atomic E-state index is 0.748. The second-order valence-electron chi connectivity index (χ2n) is 3.97. The van der Waals surface area contributed by atoms with Crippen LogP contribution in [0.1, 0.15) is 10.7 Å². The predicted octanol–water partition coefficient (Wildman–Crippen LogP) is 3.20. The van der Waals surface area contributed by atoms with Crippen molar-refractivity contribution in [3.63, 3.8) is 0 Å². The molecule has 0 unspecified atom stereocenters. The zero-order valence-corrected chi connectivity index (χ0v) is 11.4. The molecule has 0 saturated heterocycles. The van der Waals surface area contributed by atoms with Crippen LogP contribution in [-0.4, -0.2) is 15.0 Å². The lowest BCUT2D eigenvalue weighted by Crippen LogP contribution is -1.82. The molecule has 0 spiro atoms. The van der Waals surface area contributed by atoms with Crippen molar-refractivity contribution < 1.29 is 0 Å². The molecule has 0 fully saturated rings. The van der Waals surface area contributed by atoms with E-state index in [2.05, 4.69) is 20.3 Å². The number of benzene rings is 1. The maximum absolute atomic E-state index is 5.74. The number of thioether (sulfide) groups is 1. The molecular weight excluding hydrogens is 264 g/mol. The van der Waals surface area contributed by atoms with Crippen molar-refractivity contribution in [3.8, 4) is 0 Å². The highest BCUT2D eigenvalue weighted by Crippen LogP contribution is 2.24. The first-order valence-corrected chi connectivity index (χ1v) is 7.36. The number of rotatable bonds is 3. The van der Waals surface area contributed by atoms with Gasteiger partial charge in [0.2, 0.25) is 0 Å². The van der Waals surface area contributed by atoms with Crippen molar-refractivity contribution in [2.45, 2.75) is 17.8 Å². The first-order valence-electron chi connectivity index (χ1n) is 5.50. The number of hydrogen-bond donors (Lipinski definition) is 2. The first-order chi connectivity index (χ1) is 8.70. The first kappa shape index (κ1) is 11.6. The number of anilines is 1. The molecule has 0 saturated carbocycles. The van der Waals surface area contributed by atoms with Crippen LogP contribution in [0.5, 0.6) is 0 Å². The van der Waals surface area contributed by atoms with Crippen LogP contribution in [0.3, 0.4) is 0 Å². The van der Waals surface area contributed by atoms with Gasteiger partial charge in [0.15, 0.2) is 5.16 Å².